The third-order valence-electron chi connectivity index (χ3n) is 4.64. The number of ketones is 1. The normalized spacial score (nSPS) is 10.7. The Morgan fingerprint density at radius 2 is 1.71 bits per heavy atom. The molecule has 0 fully saturated rings. The summed E-state index contributed by atoms with van der Waals surface area (Å²) >= 11 is 0. The summed E-state index contributed by atoms with van der Waals surface area (Å²) in [7, 11) is 2.87. The number of aldehydes is 1. The zero-order valence-corrected chi connectivity index (χ0v) is 17.8. The Kier molecular flexibility index (Phi) is 8.81. The summed E-state index contributed by atoms with van der Waals surface area (Å²) in [5, 5.41) is 8.64. The fourth-order valence-electron chi connectivity index (χ4n) is 3.18. The average molecular weight is 426 g/mol. The number of benzene rings is 2. The lowest BCUT2D eigenvalue weighted by Gasteiger charge is -2.16. The number of hydrogen-bond donors (Lipinski definition) is 1. The molecule has 2 aromatic rings. The molecule has 0 unspecified atom stereocenters. The van der Waals surface area contributed by atoms with E-state index in [9.17, 15) is 14.4 Å². The van der Waals surface area contributed by atoms with Crippen molar-refractivity contribution in [3.05, 3.63) is 58.7 Å². The van der Waals surface area contributed by atoms with Crippen LogP contribution in [0.15, 0.2) is 36.4 Å². The van der Waals surface area contributed by atoms with Crippen molar-refractivity contribution in [1.82, 2.24) is 0 Å². The molecular formula is C24H26O7. The van der Waals surface area contributed by atoms with Gasteiger partial charge in [-0.3, -0.25) is 9.59 Å². The van der Waals surface area contributed by atoms with Crippen LogP contribution in [0.4, 0.5) is 0 Å². The summed E-state index contributed by atoms with van der Waals surface area (Å²) < 4.78 is 16.3. The van der Waals surface area contributed by atoms with Gasteiger partial charge in [0, 0.05) is 12.5 Å². The maximum atomic E-state index is 12.8. The number of ether oxygens (including phenoxy) is 3. The number of carboxylic acid groups (broad SMARTS) is 1. The largest absolute Gasteiger partial charge is 0.494 e. The van der Waals surface area contributed by atoms with E-state index in [-0.39, 0.29) is 17.3 Å². The molecule has 0 aromatic heterocycles. The maximum Gasteiger partial charge on any atom is 0.328 e. The van der Waals surface area contributed by atoms with Gasteiger partial charge >= 0.3 is 5.97 Å². The van der Waals surface area contributed by atoms with Crippen molar-refractivity contribution in [2.24, 2.45) is 0 Å². The van der Waals surface area contributed by atoms with Gasteiger partial charge in [-0.05, 0) is 55.2 Å². The zero-order chi connectivity index (χ0) is 22.8. The lowest BCUT2D eigenvalue weighted by atomic mass is 9.96. The van der Waals surface area contributed by atoms with Crippen molar-refractivity contribution in [2.75, 3.05) is 20.8 Å². The summed E-state index contributed by atoms with van der Waals surface area (Å²) in [6, 6.07) is 8.69. The predicted octanol–water partition coefficient (Wildman–Crippen LogP) is 4.35. The van der Waals surface area contributed by atoms with Crippen molar-refractivity contribution in [3.8, 4) is 17.2 Å². The van der Waals surface area contributed by atoms with Crippen molar-refractivity contribution in [3.63, 3.8) is 0 Å². The molecule has 0 aliphatic rings. The van der Waals surface area contributed by atoms with Crippen molar-refractivity contribution in [2.45, 2.75) is 26.2 Å². The number of carbonyl (C=O) groups excluding carboxylic acids is 2. The van der Waals surface area contributed by atoms with E-state index in [0.29, 0.717) is 54.6 Å². The molecule has 0 bridgehead atoms. The molecule has 2 rings (SSSR count). The standard InChI is InChI=1S/C24H26O7/c1-16-14-18(15-25)23(29-2)24(30-3)22(16)20(26)6-4-5-13-31-19-10-7-17(8-11-19)9-12-21(27)28/h7-12,14-15H,4-6,13H2,1-3H3,(H,27,28). The molecule has 0 saturated carbocycles. The summed E-state index contributed by atoms with van der Waals surface area (Å²) in [4.78, 5) is 34.6. The Labute approximate surface area is 181 Å². The van der Waals surface area contributed by atoms with Crippen LogP contribution in [0.5, 0.6) is 17.2 Å². The number of carboxylic acids is 1. The van der Waals surface area contributed by atoms with Gasteiger partial charge in [-0.2, -0.15) is 0 Å². The molecule has 31 heavy (non-hydrogen) atoms. The third-order valence-corrected chi connectivity index (χ3v) is 4.64. The average Bonchev–Trinajstić information content (AvgIpc) is 2.76. The van der Waals surface area contributed by atoms with E-state index < -0.39 is 5.97 Å². The fourth-order valence-corrected chi connectivity index (χ4v) is 3.18. The Hall–Kier alpha value is -3.61. The molecule has 0 aliphatic carbocycles. The molecule has 0 heterocycles. The Morgan fingerprint density at radius 3 is 2.29 bits per heavy atom. The minimum absolute atomic E-state index is 0.0836. The first-order valence-electron chi connectivity index (χ1n) is 9.79. The van der Waals surface area contributed by atoms with E-state index in [1.807, 2.05) is 0 Å². The van der Waals surface area contributed by atoms with Crippen molar-refractivity contribution >= 4 is 24.1 Å². The van der Waals surface area contributed by atoms with Crippen LogP contribution < -0.4 is 14.2 Å². The molecule has 0 saturated heterocycles. The van der Waals surface area contributed by atoms with Gasteiger partial charge in [0.25, 0.3) is 0 Å². The second kappa shape index (κ2) is 11.5. The van der Waals surface area contributed by atoms with Gasteiger partial charge in [-0.25, -0.2) is 4.79 Å². The van der Waals surface area contributed by atoms with Gasteiger partial charge in [0.2, 0.25) is 0 Å². The molecule has 7 heteroatoms. The fraction of sp³-hybridized carbons (Fsp3) is 0.292. The molecule has 0 aliphatic heterocycles. The smallest absolute Gasteiger partial charge is 0.328 e. The minimum atomic E-state index is -0.999. The van der Waals surface area contributed by atoms with Gasteiger partial charge in [0.15, 0.2) is 23.6 Å². The SMILES string of the molecule is COc1c(C=O)cc(C)c(C(=O)CCCCOc2ccc(C=CC(=O)O)cc2)c1OC. The minimum Gasteiger partial charge on any atom is -0.494 e. The van der Waals surface area contributed by atoms with Gasteiger partial charge in [0.05, 0.1) is 32.0 Å². The Balaban J connectivity index is 1.90. The quantitative estimate of drug-likeness (QED) is 0.233. The number of aliphatic carboxylic acids is 1. The van der Waals surface area contributed by atoms with Crippen LogP contribution in [0.25, 0.3) is 6.08 Å². The number of unbranched alkanes of at least 4 members (excludes halogenated alkanes) is 1. The van der Waals surface area contributed by atoms with Crippen LogP contribution in [0, 0.1) is 6.92 Å². The van der Waals surface area contributed by atoms with E-state index in [2.05, 4.69) is 0 Å². The number of Topliss-reactive ketones (excluding diaryl/α,β-unsaturated/α-hetero) is 1. The second-order valence-electron chi connectivity index (χ2n) is 6.81. The summed E-state index contributed by atoms with van der Waals surface area (Å²) in [5.41, 5.74) is 2.20. The van der Waals surface area contributed by atoms with Crippen molar-refractivity contribution in [1.29, 1.82) is 0 Å². The lowest BCUT2D eigenvalue weighted by molar-refractivity contribution is -0.131. The summed E-state index contributed by atoms with van der Waals surface area (Å²) in [6.07, 6.45) is 4.87. The Bertz CT molecular complexity index is 959. The number of hydrogen-bond acceptors (Lipinski definition) is 6. The third kappa shape index (κ3) is 6.44. The van der Waals surface area contributed by atoms with Gasteiger partial charge in [0.1, 0.15) is 5.75 Å². The molecule has 0 radical (unpaired) electrons. The molecule has 0 atom stereocenters. The molecule has 164 valence electrons. The molecule has 1 N–H and O–H groups in total. The van der Waals surface area contributed by atoms with Gasteiger partial charge < -0.3 is 19.3 Å². The van der Waals surface area contributed by atoms with E-state index in [0.717, 1.165) is 11.6 Å². The van der Waals surface area contributed by atoms with Crippen LogP contribution in [0.3, 0.4) is 0 Å². The highest BCUT2D eigenvalue weighted by atomic mass is 16.5. The molecule has 7 nitrogen and oxygen atoms in total. The number of rotatable bonds is 12. The summed E-state index contributed by atoms with van der Waals surface area (Å²) in [5.74, 6) is 0.130. The highest BCUT2D eigenvalue weighted by molar-refractivity contribution is 6.02. The highest BCUT2D eigenvalue weighted by Crippen LogP contribution is 2.37. The summed E-state index contributed by atoms with van der Waals surface area (Å²) in [6.45, 7) is 2.21. The monoisotopic (exact) mass is 426 g/mol. The van der Waals surface area contributed by atoms with E-state index >= 15 is 0 Å². The van der Waals surface area contributed by atoms with E-state index in [1.54, 1.807) is 37.3 Å². The van der Waals surface area contributed by atoms with E-state index in [4.69, 9.17) is 19.3 Å². The number of carbonyl (C=O) groups is 3. The topological polar surface area (TPSA) is 99.1 Å². The van der Waals surface area contributed by atoms with Crippen LogP contribution >= 0.6 is 0 Å². The molecule has 0 spiro atoms. The predicted molar refractivity (Wildman–Crippen MR) is 116 cm³/mol. The van der Waals surface area contributed by atoms with Crippen molar-refractivity contribution < 1.29 is 33.7 Å². The van der Waals surface area contributed by atoms with Crippen LogP contribution in [-0.4, -0.2) is 44.0 Å². The molecular weight excluding hydrogens is 400 g/mol. The first-order chi connectivity index (χ1) is 14.9. The first kappa shape index (κ1) is 23.7. The van der Waals surface area contributed by atoms with E-state index in [1.165, 1.54) is 20.3 Å². The highest BCUT2D eigenvalue weighted by Gasteiger charge is 2.22. The van der Waals surface area contributed by atoms with Crippen LogP contribution in [0.2, 0.25) is 0 Å². The lowest BCUT2D eigenvalue weighted by Crippen LogP contribution is -2.09. The van der Waals surface area contributed by atoms with Crippen LogP contribution in [-0.2, 0) is 4.79 Å². The number of methoxy groups -OCH3 is 2. The second-order valence-corrected chi connectivity index (χ2v) is 6.81. The van der Waals surface area contributed by atoms with Crippen LogP contribution in [0.1, 0.15) is 51.1 Å². The molecule has 0 amide bonds. The van der Waals surface area contributed by atoms with Gasteiger partial charge in [-0.1, -0.05) is 12.1 Å². The first-order valence-corrected chi connectivity index (χ1v) is 9.79. The maximum absolute atomic E-state index is 12.8. The number of aryl methyl sites for hydroxylation is 1. The van der Waals surface area contributed by atoms with Gasteiger partial charge in [-0.15, -0.1) is 0 Å². The zero-order valence-electron chi connectivity index (χ0n) is 17.8. The Morgan fingerprint density at radius 1 is 1.03 bits per heavy atom. The molecule has 2 aromatic carbocycles.